The Morgan fingerprint density at radius 2 is 1.93 bits per heavy atom. The topological polar surface area (TPSA) is 88.8 Å². The smallest absolute Gasteiger partial charge is 0.341 e. The second kappa shape index (κ2) is 8.62. The van der Waals surface area contributed by atoms with Crippen molar-refractivity contribution < 1.29 is 19.7 Å². The van der Waals surface area contributed by atoms with E-state index in [-0.39, 0.29) is 23.7 Å². The van der Waals surface area contributed by atoms with Crippen molar-refractivity contribution in [2.75, 3.05) is 6.61 Å². The fourth-order valence-electron chi connectivity index (χ4n) is 2.71. The van der Waals surface area contributed by atoms with Crippen molar-refractivity contribution in [3.8, 4) is 11.6 Å². The third kappa shape index (κ3) is 4.82. The van der Waals surface area contributed by atoms with Crippen LogP contribution in [0.15, 0.2) is 51.7 Å². The highest BCUT2D eigenvalue weighted by Crippen LogP contribution is 2.30. The molecule has 0 aliphatic heterocycles. The number of aryl methyl sites for hydroxylation is 1. The van der Waals surface area contributed by atoms with E-state index < -0.39 is 12.6 Å². The highest BCUT2D eigenvalue weighted by atomic mass is 79.9. The number of aromatic nitrogens is 1. The van der Waals surface area contributed by atoms with Crippen LogP contribution in [0, 0.1) is 6.92 Å². The average Bonchev–Trinajstić information content (AvgIpc) is 2.90. The summed E-state index contributed by atoms with van der Waals surface area (Å²) in [5.74, 6) is -0.763. The van der Waals surface area contributed by atoms with Crippen molar-refractivity contribution in [2.24, 2.45) is 0 Å². The molecule has 0 radical (unpaired) electrons. The van der Waals surface area contributed by atoms with Gasteiger partial charge in [-0.1, -0.05) is 57.1 Å². The normalized spacial score (nSPS) is 10.8. The first kappa shape index (κ1) is 20.2. The van der Waals surface area contributed by atoms with Crippen LogP contribution in [0.3, 0.4) is 0 Å². The summed E-state index contributed by atoms with van der Waals surface area (Å²) in [6.07, 6.45) is 0.251. The lowest BCUT2D eigenvalue weighted by Crippen LogP contribution is -2.13. The molecule has 0 saturated heterocycles. The van der Waals surface area contributed by atoms with E-state index in [1.54, 1.807) is 18.2 Å². The van der Waals surface area contributed by atoms with Gasteiger partial charge in [-0.15, -0.1) is 0 Å². The maximum atomic E-state index is 12.4. The molecule has 8 heteroatoms. The van der Waals surface area contributed by atoms with Gasteiger partial charge in [-0.25, -0.2) is 4.79 Å². The number of thiazole rings is 1. The molecule has 0 aliphatic rings. The van der Waals surface area contributed by atoms with Crippen LogP contribution in [0.25, 0.3) is 0 Å². The van der Waals surface area contributed by atoms with Crippen LogP contribution in [0.1, 0.15) is 21.6 Å². The fourth-order valence-corrected chi connectivity index (χ4v) is 4.02. The Hall–Kier alpha value is -2.58. The summed E-state index contributed by atoms with van der Waals surface area (Å²) in [7, 11) is 0. The minimum Gasteiger partial charge on any atom is -0.494 e. The van der Waals surface area contributed by atoms with Crippen LogP contribution in [0.4, 0.5) is 0 Å². The Kier molecular flexibility index (Phi) is 6.21. The molecular formula is C20H18BrNO5S. The fraction of sp³-hybridized carbons (Fsp3) is 0.200. The molecule has 0 saturated carbocycles. The predicted molar refractivity (Wildman–Crippen MR) is 111 cm³/mol. The number of nitrogens with zero attached hydrogens (tertiary/aromatic N) is 1. The van der Waals surface area contributed by atoms with Gasteiger partial charge in [-0.05, 0) is 30.7 Å². The van der Waals surface area contributed by atoms with Gasteiger partial charge in [-0.2, -0.15) is 0 Å². The molecule has 0 aliphatic carbocycles. The summed E-state index contributed by atoms with van der Waals surface area (Å²) in [6, 6.07) is 12.9. The SMILES string of the molecule is Cc1ccc(Cn2c(O)c(Cc3cc(Br)ccc3OCC(=O)O)sc2=O)cc1. The molecule has 6 nitrogen and oxygen atoms in total. The Morgan fingerprint density at radius 1 is 1.21 bits per heavy atom. The largest absolute Gasteiger partial charge is 0.494 e. The molecule has 0 amide bonds. The molecule has 2 N–H and O–H groups in total. The van der Waals surface area contributed by atoms with Gasteiger partial charge in [-0.3, -0.25) is 9.36 Å². The van der Waals surface area contributed by atoms with Gasteiger partial charge in [0.15, 0.2) is 6.61 Å². The number of hydrogen-bond acceptors (Lipinski definition) is 5. The van der Waals surface area contributed by atoms with Crippen molar-refractivity contribution in [2.45, 2.75) is 19.9 Å². The van der Waals surface area contributed by atoms with Crippen LogP contribution in [0.2, 0.25) is 0 Å². The van der Waals surface area contributed by atoms with Crippen molar-refractivity contribution in [3.05, 3.63) is 78.2 Å². The van der Waals surface area contributed by atoms with Crippen LogP contribution in [-0.2, 0) is 17.8 Å². The zero-order valence-electron chi connectivity index (χ0n) is 15.0. The number of ether oxygens (including phenoxy) is 1. The van der Waals surface area contributed by atoms with Crippen molar-refractivity contribution in [3.63, 3.8) is 0 Å². The molecule has 2 aromatic carbocycles. The predicted octanol–water partition coefficient (Wildman–Crippen LogP) is 3.79. The molecule has 1 aromatic heterocycles. The molecule has 1 heterocycles. The van der Waals surface area contributed by atoms with Gasteiger partial charge >= 0.3 is 10.8 Å². The van der Waals surface area contributed by atoms with Gasteiger partial charge in [0.1, 0.15) is 5.75 Å². The molecule has 0 unspecified atom stereocenters. The second-order valence-electron chi connectivity index (χ2n) is 6.30. The molecule has 0 atom stereocenters. The third-order valence-corrected chi connectivity index (χ3v) is 5.58. The number of carbonyl (C=O) groups is 1. The van der Waals surface area contributed by atoms with Crippen LogP contribution < -0.4 is 9.61 Å². The van der Waals surface area contributed by atoms with Crippen LogP contribution in [0.5, 0.6) is 11.6 Å². The summed E-state index contributed by atoms with van der Waals surface area (Å²) in [5.41, 5.74) is 2.71. The number of benzene rings is 2. The molecular weight excluding hydrogens is 446 g/mol. The maximum absolute atomic E-state index is 12.4. The summed E-state index contributed by atoms with van der Waals surface area (Å²) in [6.45, 7) is 1.80. The van der Waals surface area contributed by atoms with Crippen molar-refractivity contribution in [1.29, 1.82) is 0 Å². The number of carboxylic acids is 1. The number of halogens is 1. The summed E-state index contributed by atoms with van der Waals surface area (Å²) in [5, 5.41) is 19.4. The van der Waals surface area contributed by atoms with Crippen LogP contribution >= 0.6 is 27.3 Å². The zero-order chi connectivity index (χ0) is 20.3. The molecule has 0 spiro atoms. The lowest BCUT2D eigenvalue weighted by molar-refractivity contribution is -0.139. The van der Waals surface area contributed by atoms with Gasteiger partial charge in [0.05, 0.1) is 11.4 Å². The molecule has 3 aromatic rings. The molecule has 146 valence electrons. The van der Waals surface area contributed by atoms with Gasteiger partial charge < -0.3 is 14.9 Å². The van der Waals surface area contributed by atoms with Crippen molar-refractivity contribution >= 4 is 33.2 Å². The number of rotatable bonds is 7. The van der Waals surface area contributed by atoms with Crippen LogP contribution in [-0.4, -0.2) is 27.4 Å². The number of aliphatic carboxylic acids is 1. The first-order valence-electron chi connectivity index (χ1n) is 8.43. The van der Waals surface area contributed by atoms with Gasteiger partial charge in [0.25, 0.3) is 0 Å². The Bertz CT molecular complexity index is 1060. The van der Waals surface area contributed by atoms with E-state index in [0.717, 1.165) is 26.9 Å². The van der Waals surface area contributed by atoms with Crippen molar-refractivity contribution in [1.82, 2.24) is 4.57 Å². The quantitative estimate of drug-likeness (QED) is 0.556. The Balaban J connectivity index is 1.87. The summed E-state index contributed by atoms with van der Waals surface area (Å²) >= 11 is 4.35. The van der Waals surface area contributed by atoms with E-state index in [4.69, 9.17) is 9.84 Å². The Labute approximate surface area is 173 Å². The number of carboxylic acid groups (broad SMARTS) is 1. The molecule has 28 heavy (non-hydrogen) atoms. The highest BCUT2D eigenvalue weighted by molar-refractivity contribution is 9.10. The maximum Gasteiger partial charge on any atom is 0.341 e. The lowest BCUT2D eigenvalue weighted by atomic mass is 10.1. The Morgan fingerprint density at radius 3 is 2.61 bits per heavy atom. The first-order chi connectivity index (χ1) is 13.3. The van der Waals surface area contributed by atoms with E-state index in [2.05, 4.69) is 15.9 Å². The van der Waals surface area contributed by atoms with E-state index in [9.17, 15) is 14.7 Å². The summed E-state index contributed by atoms with van der Waals surface area (Å²) in [4.78, 5) is 23.4. The molecule has 0 fully saturated rings. The number of hydrogen-bond donors (Lipinski definition) is 2. The average molecular weight is 464 g/mol. The minimum atomic E-state index is -1.08. The summed E-state index contributed by atoms with van der Waals surface area (Å²) < 4.78 is 7.45. The van der Waals surface area contributed by atoms with E-state index >= 15 is 0 Å². The van der Waals surface area contributed by atoms with E-state index in [1.807, 2.05) is 31.2 Å². The number of aromatic hydroxyl groups is 1. The molecule has 3 rings (SSSR count). The monoisotopic (exact) mass is 463 g/mol. The lowest BCUT2D eigenvalue weighted by Gasteiger charge is -2.10. The van der Waals surface area contributed by atoms with E-state index in [1.165, 1.54) is 4.57 Å². The standard InChI is InChI=1S/C20H18BrNO5S/c1-12-2-4-13(5-3-12)10-22-19(25)17(28-20(22)26)9-14-8-15(21)6-7-16(14)27-11-18(23)24/h2-8,25H,9-11H2,1H3,(H,23,24). The highest BCUT2D eigenvalue weighted by Gasteiger charge is 2.17. The minimum absolute atomic E-state index is 0.0836. The molecule has 0 bridgehead atoms. The van der Waals surface area contributed by atoms with Gasteiger partial charge in [0, 0.05) is 16.5 Å². The zero-order valence-corrected chi connectivity index (χ0v) is 17.4. The van der Waals surface area contributed by atoms with E-state index in [0.29, 0.717) is 16.2 Å². The third-order valence-electron chi connectivity index (χ3n) is 4.12. The second-order valence-corrected chi connectivity index (χ2v) is 8.26. The van der Waals surface area contributed by atoms with Gasteiger partial charge in [0.2, 0.25) is 5.88 Å². The first-order valence-corrected chi connectivity index (χ1v) is 10.0.